The Morgan fingerprint density at radius 2 is 0.667 bits per heavy atom. The molecule has 16 nitrogen and oxygen atoms in total. The van der Waals surface area contributed by atoms with Gasteiger partial charge in [0, 0.05) is 12.4 Å². The van der Waals surface area contributed by atoms with Crippen molar-refractivity contribution in [1.82, 2.24) is 5.32 Å². The lowest BCUT2D eigenvalue weighted by molar-refractivity contribution is -0.143. The van der Waals surface area contributed by atoms with Crippen LogP contribution in [-0.2, 0) is 66.4 Å². The Kier molecular flexibility index (Phi) is 37.8. The van der Waals surface area contributed by atoms with Gasteiger partial charge in [-0.15, -0.1) is 11.6 Å². The third-order valence-corrected chi connectivity index (χ3v) is 5.12. The molecule has 0 spiro atoms. The van der Waals surface area contributed by atoms with E-state index in [4.69, 9.17) is 68.8 Å². The number of carboxylic acids is 1. The molecule has 0 heterocycles. The van der Waals surface area contributed by atoms with Crippen LogP contribution in [0.5, 0.6) is 0 Å². The van der Waals surface area contributed by atoms with Crippen molar-refractivity contribution in [2.45, 2.75) is 0 Å². The number of hydrogen-bond donors (Lipinski definition) is 2. The Labute approximate surface area is 271 Å². The highest BCUT2D eigenvalue weighted by atomic mass is 35.5. The lowest BCUT2D eigenvalue weighted by Gasteiger charge is -2.09. The first-order valence-corrected chi connectivity index (χ1v) is 15.7. The Morgan fingerprint density at radius 1 is 0.400 bits per heavy atom. The van der Waals surface area contributed by atoms with Gasteiger partial charge in [-0.3, -0.25) is 4.79 Å². The molecule has 0 fully saturated rings. The number of nitrogens with one attached hydrogen (secondary N) is 1. The quantitative estimate of drug-likeness (QED) is 0.0635. The summed E-state index contributed by atoms with van der Waals surface area (Å²) >= 11 is 5.50. The maximum Gasteiger partial charge on any atom is 0.329 e. The maximum absolute atomic E-state index is 11.3. The highest BCUT2D eigenvalue weighted by Gasteiger charge is 2.03. The second-order valence-electron chi connectivity index (χ2n) is 8.66. The molecule has 0 saturated heterocycles. The molecule has 0 atom stereocenters. The topological polar surface area (TPSA) is 177 Å². The minimum Gasteiger partial charge on any atom is -0.480 e. The predicted octanol–water partition coefficient (Wildman–Crippen LogP) is -0.375. The smallest absolute Gasteiger partial charge is 0.329 e. The van der Waals surface area contributed by atoms with Crippen molar-refractivity contribution < 1.29 is 71.5 Å². The van der Waals surface area contributed by atoms with Gasteiger partial charge in [-0.05, 0) is 0 Å². The summed E-state index contributed by atoms with van der Waals surface area (Å²) in [5.74, 6) is -1.03. The van der Waals surface area contributed by atoms with Gasteiger partial charge in [0.2, 0.25) is 5.91 Å². The fraction of sp³-hybridized carbons (Fsp3) is 0.929. The highest BCUT2D eigenvalue weighted by molar-refractivity contribution is 6.17. The third-order valence-electron chi connectivity index (χ3n) is 4.97. The number of alkyl halides is 1. The van der Waals surface area contributed by atoms with Crippen molar-refractivity contribution in [3.05, 3.63) is 0 Å². The standard InChI is InChI=1S/C28H54ClNO15/c29-1-3-34-5-7-36-9-11-38-13-15-40-17-19-42-21-23-44-24-22-43-20-18-41-16-14-39-12-10-37-8-6-35-4-2-30-27(31)25-45-26-28(32)33/h1-26H2,(H,30,31)(H,32,33). The van der Waals surface area contributed by atoms with Crippen LogP contribution in [0, 0.1) is 0 Å². The first-order chi connectivity index (χ1) is 22.2. The van der Waals surface area contributed by atoms with Crippen molar-refractivity contribution in [3.8, 4) is 0 Å². The third kappa shape index (κ3) is 40.7. The van der Waals surface area contributed by atoms with E-state index in [9.17, 15) is 9.59 Å². The van der Waals surface area contributed by atoms with Crippen molar-refractivity contribution in [2.24, 2.45) is 0 Å². The van der Waals surface area contributed by atoms with Crippen molar-refractivity contribution in [3.63, 3.8) is 0 Å². The Morgan fingerprint density at radius 3 is 0.933 bits per heavy atom. The lowest BCUT2D eigenvalue weighted by atomic mass is 10.6. The Bertz CT molecular complexity index is 625. The van der Waals surface area contributed by atoms with Crippen molar-refractivity contribution in [2.75, 3.05) is 171 Å². The van der Waals surface area contributed by atoms with Crippen LogP contribution in [0.15, 0.2) is 0 Å². The number of halogens is 1. The molecule has 0 bridgehead atoms. The van der Waals surface area contributed by atoms with E-state index in [1.807, 2.05) is 0 Å². The van der Waals surface area contributed by atoms with Crippen LogP contribution in [0.4, 0.5) is 0 Å². The number of hydrogen-bond acceptors (Lipinski definition) is 14. The second kappa shape index (κ2) is 38.9. The zero-order chi connectivity index (χ0) is 32.7. The fourth-order valence-electron chi connectivity index (χ4n) is 2.90. The van der Waals surface area contributed by atoms with E-state index in [1.165, 1.54) is 0 Å². The van der Waals surface area contributed by atoms with Crippen molar-refractivity contribution in [1.29, 1.82) is 0 Å². The van der Waals surface area contributed by atoms with Crippen LogP contribution in [0.2, 0.25) is 0 Å². The number of carbonyl (C=O) groups is 2. The van der Waals surface area contributed by atoms with E-state index >= 15 is 0 Å². The van der Waals surface area contributed by atoms with Crippen LogP contribution >= 0.6 is 11.6 Å². The molecule has 0 radical (unpaired) electrons. The number of rotatable bonds is 39. The summed E-state index contributed by atoms with van der Waals surface area (Å²) in [5.41, 5.74) is 0. The summed E-state index contributed by atoms with van der Waals surface area (Å²) in [6.07, 6.45) is 0. The van der Waals surface area contributed by atoms with E-state index in [-0.39, 0.29) is 6.61 Å². The average molecular weight is 680 g/mol. The SMILES string of the molecule is O=C(O)COCC(=O)NCCOCCOCCOCCOCCOCCOCCOCCOCCOCCOCCOCCCl. The van der Waals surface area contributed by atoms with Crippen LogP contribution in [-0.4, -0.2) is 188 Å². The fourth-order valence-corrected chi connectivity index (χ4v) is 3.01. The van der Waals surface area contributed by atoms with Gasteiger partial charge in [0.1, 0.15) is 13.2 Å². The molecule has 45 heavy (non-hydrogen) atoms. The number of carboxylic acid groups (broad SMARTS) is 1. The summed E-state index contributed by atoms with van der Waals surface area (Å²) in [6.45, 7) is 9.93. The predicted molar refractivity (Wildman–Crippen MR) is 161 cm³/mol. The number of ether oxygens (including phenoxy) is 12. The summed E-state index contributed by atoms with van der Waals surface area (Å²) in [6, 6.07) is 0. The normalized spacial score (nSPS) is 11.3. The maximum atomic E-state index is 11.3. The molecule has 0 aliphatic carbocycles. The molecule has 0 unspecified atom stereocenters. The van der Waals surface area contributed by atoms with Gasteiger partial charge in [-0.2, -0.15) is 0 Å². The Balaban J connectivity index is 3.08. The Hall–Kier alpha value is -1.25. The summed E-state index contributed by atoms with van der Waals surface area (Å²) in [4.78, 5) is 21.6. The van der Waals surface area contributed by atoms with Gasteiger partial charge in [-0.25, -0.2) is 4.79 Å². The first-order valence-electron chi connectivity index (χ1n) is 15.1. The highest BCUT2D eigenvalue weighted by Crippen LogP contribution is 1.87. The average Bonchev–Trinajstić information content (AvgIpc) is 3.02. The monoisotopic (exact) mass is 679 g/mol. The first kappa shape index (κ1) is 43.8. The number of aliphatic carboxylic acids is 1. The molecular formula is C28H54ClNO15. The van der Waals surface area contributed by atoms with Crippen molar-refractivity contribution >= 4 is 23.5 Å². The largest absolute Gasteiger partial charge is 0.480 e. The lowest BCUT2D eigenvalue weighted by Crippen LogP contribution is -2.31. The summed E-state index contributed by atoms with van der Waals surface area (Å²) in [7, 11) is 0. The molecule has 0 rings (SSSR count). The number of amides is 1. The molecule has 0 aromatic heterocycles. The zero-order valence-corrected chi connectivity index (χ0v) is 27.2. The minimum absolute atomic E-state index is 0.300. The molecule has 17 heteroatoms. The molecule has 2 N–H and O–H groups in total. The summed E-state index contributed by atoms with van der Waals surface area (Å²) in [5, 5.41) is 11.0. The van der Waals surface area contributed by atoms with Gasteiger partial charge >= 0.3 is 5.97 Å². The molecule has 0 aliphatic rings. The molecule has 0 aliphatic heterocycles. The van der Waals surface area contributed by atoms with E-state index in [0.29, 0.717) is 158 Å². The molecular weight excluding hydrogens is 626 g/mol. The van der Waals surface area contributed by atoms with Gasteiger partial charge < -0.3 is 67.3 Å². The molecule has 1 amide bonds. The minimum atomic E-state index is -1.12. The number of carbonyl (C=O) groups excluding carboxylic acids is 1. The van der Waals surface area contributed by atoms with E-state index in [2.05, 4.69) is 10.1 Å². The molecule has 268 valence electrons. The van der Waals surface area contributed by atoms with Crippen LogP contribution in [0.1, 0.15) is 0 Å². The van der Waals surface area contributed by atoms with Gasteiger partial charge in [0.15, 0.2) is 0 Å². The van der Waals surface area contributed by atoms with Gasteiger partial charge in [-0.1, -0.05) is 0 Å². The molecule has 0 aromatic carbocycles. The second-order valence-corrected chi connectivity index (χ2v) is 9.04. The molecule has 0 saturated carbocycles. The van der Waals surface area contributed by atoms with Crippen LogP contribution in [0.3, 0.4) is 0 Å². The summed E-state index contributed by atoms with van der Waals surface area (Å²) < 4.78 is 64.0. The van der Waals surface area contributed by atoms with Gasteiger partial charge in [0.25, 0.3) is 0 Å². The molecule has 0 aromatic rings. The van der Waals surface area contributed by atoms with E-state index in [0.717, 1.165) is 0 Å². The van der Waals surface area contributed by atoms with Crippen LogP contribution in [0.25, 0.3) is 0 Å². The van der Waals surface area contributed by atoms with E-state index in [1.54, 1.807) is 0 Å². The zero-order valence-electron chi connectivity index (χ0n) is 26.4. The van der Waals surface area contributed by atoms with E-state index < -0.39 is 18.5 Å². The van der Waals surface area contributed by atoms with Crippen LogP contribution < -0.4 is 5.32 Å². The van der Waals surface area contributed by atoms with Gasteiger partial charge in [0.05, 0.1) is 145 Å².